The first-order chi connectivity index (χ1) is 9.88. The highest BCUT2D eigenvalue weighted by molar-refractivity contribution is 7.89. The molecule has 0 saturated heterocycles. The van der Waals surface area contributed by atoms with E-state index in [9.17, 15) is 17.6 Å². The lowest BCUT2D eigenvalue weighted by atomic mass is 10.2. The molecule has 1 fully saturated rings. The van der Waals surface area contributed by atoms with Gasteiger partial charge in [-0.3, -0.25) is 0 Å². The maximum atomic E-state index is 13.3. The van der Waals surface area contributed by atoms with Crippen molar-refractivity contribution in [3.05, 3.63) is 35.7 Å². The molecule has 0 spiro atoms. The zero-order valence-corrected chi connectivity index (χ0v) is 12.1. The topological polar surface area (TPSA) is 83.5 Å². The standard InChI is InChI=1S/C14H16FNO4S/c15-11-6-7-13(10(9-11)5-8-14(17)18)21(19,20)16-12-3-1-2-4-12/h5-9,12,16H,1-4H2,(H,17,18)/b8-5+. The van der Waals surface area contributed by atoms with Crippen molar-refractivity contribution in [1.82, 2.24) is 4.72 Å². The van der Waals surface area contributed by atoms with Crippen molar-refractivity contribution < 1.29 is 22.7 Å². The summed E-state index contributed by atoms with van der Waals surface area (Å²) in [6.07, 6.45) is 5.37. The number of carboxylic acids is 1. The number of hydrogen-bond acceptors (Lipinski definition) is 3. The van der Waals surface area contributed by atoms with Crippen molar-refractivity contribution in [3.8, 4) is 0 Å². The van der Waals surface area contributed by atoms with Gasteiger partial charge in [0.25, 0.3) is 0 Å². The van der Waals surface area contributed by atoms with Gasteiger partial charge in [0.15, 0.2) is 0 Å². The normalized spacial score (nSPS) is 16.6. The molecule has 0 unspecified atom stereocenters. The van der Waals surface area contributed by atoms with Gasteiger partial charge in [-0.2, -0.15) is 0 Å². The Kier molecular flexibility index (Phi) is 4.74. The van der Waals surface area contributed by atoms with E-state index in [2.05, 4.69) is 4.72 Å². The van der Waals surface area contributed by atoms with E-state index in [1.54, 1.807) is 0 Å². The van der Waals surface area contributed by atoms with Crippen LogP contribution in [-0.4, -0.2) is 25.5 Å². The van der Waals surface area contributed by atoms with Gasteiger partial charge in [-0.15, -0.1) is 0 Å². The lowest BCUT2D eigenvalue weighted by molar-refractivity contribution is -0.131. The summed E-state index contributed by atoms with van der Waals surface area (Å²) >= 11 is 0. The van der Waals surface area contributed by atoms with Crippen LogP contribution in [0.2, 0.25) is 0 Å². The molecular weight excluding hydrogens is 297 g/mol. The number of halogens is 1. The van der Waals surface area contributed by atoms with E-state index >= 15 is 0 Å². The molecule has 0 amide bonds. The van der Waals surface area contributed by atoms with Crippen molar-refractivity contribution in [3.63, 3.8) is 0 Å². The Labute approximate surface area is 122 Å². The van der Waals surface area contributed by atoms with Gasteiger partial charge in [-0.05, 0) is 42.7 Å². The Hall–Kier alpha value is -1.73. The number of sulfonamides is 1. The molecule has 0 heterocycles. The Morgan fingerprint density at radius 3 is 2.62 bits per heavy atom. The van der Waals surface area contributed by atoms with Crippen molar-refractivity contribution in [2.24, 2.45) is 0 Å². The lowest BCUT2D eigenvalue weighted by Gasteiger charge is -2.14. The predicted molar refractivity (Wildman–Crippen MR) is 75.6 cm³/mol. The summed E-state index contributed by atoms with van der Waals surface area (Å²) in [5.74, 6) is -1.86. The van der Waals surface area contributed by atoms with E-state index in [0.29, 0.717) is 0 Å². The zero-order chi connectivity index (χ0) is 15.5. The third kappa shape index (κ3) is 4.12. The van der Waals surface area contributed by atoms with Crippen LogP contribution in [0.1, 0.15) is 31.2 Å². The number of carbonyl (C=O) groups is 1. The molecule has 7 heteroatoms. The molecule has 2 N–H and O–H groups in total. The molecule has 0 aromatic heterocycles. The number of rotatable bonds is 5. The summed E-state index contributed by atoms with van der Waals surface area (Å²) in [6.45, 7) is 0. The first-order valence-corrected chi connectivity index (χ1v) is 8.10. The molecule has 1 aliphatic rings. The summed E-state index contributed by atoms with van der Waals surface area (Å²) in [4.78, 5) is 10.4. The fraction of sp³-hybridized carbons (Fsp3) is 0.357. The first-order valence-electron chi connectivity index (χ1n) is 6.61. The van der Waals surface area contributed by atoms with Gasteiger partial charge in [0, 0.05) is 12.1 Å². The minimum absolute atomic E-state index is 0.0166. The molecule has 2 rings (SSSR count). The highest BCUT2D eigenvalue weighted by Gasteiger charge is 2.24. The monoisotopic (exact) mass is 313 g/mol. The summed E-state index contributed by atoms with van der Waals surface area (Å²) in [6, 6.07) is 3.08. The average Bonchev–Trinajstić information content (AvgIpc) is 2.88. The van der Waals surface area contributed by atoms with E-state index < -0.39 is 21.8 Å². The largest absolute Gasteiger partial charge is 0.478 e. The number of aliphatic carboxylic acids is 1. The van der Waals surface area contributed by atoms with Crippen molar-refractivity contribution >= 4 is 22.1 Å². The van der Waals surface area contributed by atoms with E-state index in [-0.39, 0.29) is 16.5 Å². The maximum Gasteiger partial charge on any atom is 0.328 e. The van der Waals surface area contributed by atoms with Crippen LogP contribution in [0.4, 0.5) is 4.39 Å². The van der Waals surface area contributed by atoms with Gasteiger partial charge in [0.1, 0.15) is 5.82 Å². The molecule has 1 aromatic rings. The molecule has 1 saturated carbocycles. The highest BCUT2D eigenvalue weighted by atomic mass is 32.2. The van der Waals surface area contributed by atoms with Crippen LogP contribution in [0.3, 0.4) is 0 Å². The molecule has 0 radical (unpaired) electrons. The van der Waals surface area contributed by atoms with E-state index in [1.807, 2.05) is 0 Å². The number of nitrogens with one attached hydrogen (secondary N) is 1. The van der Waals surface area contributed by atoms with E-state index in [0.717, 1.165) is 56.0 Å². The maximum absolute atomic E-state index is 13.3. The van der Waals surface area contributed by atoms with Gasteiger partial charge in [-0.1, -0.05) is 12.8 Å². The fourth-order valence-electron chi connectivity index (χ4n) is 2.38. The minimum atomic E-state index is -3.80. The summed E-state index contributed by atoms with van der Waals surface area (Å²) in [5.41, 5.74) is 0.0166. The van der Waals surface area contributed by atoms with Crippen LogP contribution < -0.4 is 4.72 Å². The molecule has 1 aromatic carbocycles. The van der Waals surface area contributed by atoms with Crippen LogP contribution in [0.5, 0.6) is 0 Å². The third-order valence-electron chi connectivity index (χ3n) is 3.34. The molecule has 1 aliphatic carbocycles. The number of hydrogen-bond donors (Lipinski definition) is 2. The summed E-state index contributed by atoms with van der Waals surface area (Å²) in [5, 5.41) is 8.62. The Morgan fingerprint density at radius 2 is 2.00 bits per heavy atom. The predicted octanol–water partition coefficient (Wildman–Crippen LogP) is 2.14. The van der Waals surface area contributed by atoms with Crippen LogP contribution in [-0.2, 0) is 14.8 Å². The number of carboxylic acid groups (broad SMARTS) is 1. The van der Waals surface area contributed by atoms with Gasteiger partial charge in [0.05, 0.1) is 4.90 Å². The van der Waals surface area contributed by atoms with Gasteiger partial charge in [-0.25, -0.2) is 22.3 Å². The van der Waals surface area contributed by atoms with Gasteiger partial charge >= 0.3 is 5.97 Å². The van der Waals surface area contributed by atoms with Gasteiger partial charge < -0.3 is 5.11 Å². The summed E-state index contributed by atoms with van der Waals surface area (Å²) < 4.78 is 40.6. The minimum Gasteiger partial charge on any atom is -0.478 e. The second kappa shape index (κ2) is 6.36. The molecule has 5 nitrogen and oxygen atoms in total. The second-order valence-electron chi connectivity index (χ2n) is 4.96. The van der Waals surface area contributed by atoms with Crippen LogP contribution in [0.25, 0.3) is 6.08 Å². The zero-order valence-electron chi connectivity index (χ0n) is 11.3. The highest BCUT2D eigenvalue weighted by Crippen LogP contribution is 2.23. The van der Waals surface area contributed by atoms with Crippen LogP contribution >= 0.6 is 0 Å². The average molecular weight is 313 g/mol. The Balaban J connectivity index is 2.34. The van der Waals surface area contributed by atoms with Crippen LogP contribution in [0.15, 0.2) is 29.2 Å². The van der Waals surface area contributed by atoms with E-state index in [4.69, 9.17) is 5.11 Å². The number of benzene rings is 1. The Morgan fingerprint density at radius 1 is 1.33 bits per heavy atom. The molecular formula is C14H16FNO4S. The fourth-order valence-corrected chi connectivity index (χ4v) is 3.87. The third-order valence-corrected chi connectivity index (χ3v) is 4.94. The van der Waals surface area contributed by atoms with Crippen molar-refractivity contribution in [2.75, 3.05) is 0 Å². The molecule has 0 bridgehead atoms. The molecule has 114 valence electrons. The first kappa shape index (κ1) is 15.7. The quantitative estimate of drug-likeness (QED) is 0.816. The lowest BCUT2D eigenvalue weighted by Crippen LogP contribution is -2.33. The van der Waals surface area contributed by atoms with Crippen molar-refractivity contribution in [1.29, 1.82) is 0 Å². The molecule has 21 heavy (non-hydrogen) atoms. The second-order valence-corrected chi connectivity index (χ2v) is 6.64. The SMILES string of the molecule is O=C(O)/C=C/c1cc(F)ccc1S(=O)(=O)NC1CCCC1. The van der Waals surface area contributed by atoms with Gasteiger partial charge in [0.2, 0.25) is 10.0 Å². The molecule has 0 aliphatic heterocycles. The summed E-state index contributed by atoms with van der Waals surface area (Å²) in [7, 11) is -3.80. The smallest absolute Gasteiger partial charge is 0.328 e. The molecule has 0 atom stereocenters. The van der Waals surface area contributed by atoms with Crippen molar-refractivity contribution in [2.45, 2.75) is 36.6 Å². The Bertz CT molecular complexity index is 664. The van der Waals surface area contributed by atoms with Crippen LogP contribution in [0, 0.1) is 5.82 Å². The van der Waals surface area contributed by atoms with E-state index in [1.165, 1.54) is 0 Å².